The van der Waals surface area contributed by atoms with Crippen molar-refractivity contribution in [1.82, 2.24) is 15.3 Å². The Hall–Kier alpha value is -2.15. The second kappa shape index (κ2) is 8.03. The molecule has 0 aliphatic carbocycles. The Morgan fingerprint density at radius 1 is 1.15 bits per heavy atom. The van der Waals surface area contributed by atoms with Crippen LogP contribution in [0.5, 0.6) is 0 Å². The third-order valence-electron chi connectivity index (χ3n) is 3.54. The maximum absolute atomic E-state index is 12.3. The summed E-state index contributed by atoms with van der Waals surface area (Å²) in [5.74, 6) is -0.398. The molecule has 1 aromatic heterocycles. The van der Waals surface area contributed by atoms with Gasteiger partial charge >= 0.3 is 0 Å². The molecule has 134 valence electrons. The maximum atomic E-state index is 12.3. The molecule has 1 amide bonds. The maximum Gasteiger partial charge on any atom is 0.295 e. The highest BCUT2D eigenvalue weighted by Gasteiger charge is 2.17. The summed E-state index contributed by atoms with van der Waals surface area (Å²) < 4.78 is 2.69. The molecular formula is C19H17BrClN3O2. The van der Waals surface area contributed by atoms with E-state index in [2.05, 4.69) is 26.5 Å². The summed E-state index contributed by atoms with van der Waals surface area (Å²) in [4.78, 5) is 17.5. The van der Waals surface area contributed by atoms with E-state index in [-0.39, 0.29) is 11.8 Å². The topological polar surface area (TPSA) is 56.1 Å². The van der Waals surface area contributed by atoms with Crippen molar-refractivity contribution in [2.24, 2.45) is 0 Å². The zero-order valence-electron chi connectivity index (χ0n) is 14.2. The minimum absolute atomic E-state index is 0.122. The molecule has 0 aliphatic rings. The molecule has 0 radical (unpaired) electrons. The molecule has 0 aliphatic heterocycles. The molecule has 1 N–H and O–H groups in total. The van der Waals surface area contributed by atoms with E-state index < -0.39 is 5.91 Å². The number of halogens is 2. The number of nitrogens with zero attached hydrogens (tertiary/aromatic N) is 2. The average molecular weight is 435 g/mol. The first-order valence-corrected chi connectivity index (χ1v) is 9.19. The number of hydroxylamine groups is 1. The highest BCUT2D eigenvalue weighted by atomic mass is 79.9. The number of rotatable bonds is 5. The van der Waals surface area contributed by atoms with E-state index >= 15 is 0 Å². The molecule has 0 saturated carbocycles. The lowest BCUT2D eigenvalue weighted by atomic mass is 10.1. The van der Waals surface area contributed by atoms with Crippen molar-refractivity contribution in [1.29, 1.82) is 0 Å². The largest absolute Gasteiger partial charge is 0.295 e. The molecule has 0 saturated heterocycles. The summed E-state index contributed by atoms with van der Waals surface area (Å²) >= 11 is 9.42. The van der Waals surface area contributed by atoms with Crippen molar-refractivity contribution >= 4 is 33.4 Å². The van der Waals surface area contributed by atoms with Crippen molar-refractivity contribution in [2.45, 2.75) is 20.0 Å². The Balaban J connectivity index is 2.04. The summed E-state index contributed by atoms with van der Waals surface area (Å²) in [7, 11) is 0. The molecule has 3 aromatic rings. The van der Waals surface area contributed by atoms with E-state index in [0.717, 1.165) is 21.4 Å². The fourth-order valence-electron chi connectivity index (χ4n) is 2.32. The summed E-state index contributed by atoms with van der Waals surface area (Å²) in [6.07, 6.45) is -0.122. The van der Waals surface area contributed by atoms with Gasteiger partial charge in [0.2, 0.25) is 0 Å². The highest BCUT2D eigenvalue weighted by molar-refractivity contribution is 9.10. The molecule has 3 rings (SSSR count). The predicted octanol–water partition coefficient (Wildman–Crippen LogP) is 5.03. The van der Waals surface area contributed by atoms with Crippen LogP contribution in [0.25, 0.3) is 16.9 Å². The lowest BCUT2D eigenvalue weighted by Crippen LogP contribution is -2.27. The third-order valence-corrected chi connectivity index (χ3v) is 4.32. The molecule has 0 unspecified atom stereocenters. The second-order valence-corrected chi connectivity index (χ2v) is 7.26. The number of benzene rings is 2. The molecule has 0 fully saturated rings. The average Bonchev–Trinajstić information content (AvgIpc) is 3.06. The normalized spacial score (nSPS) is 11.0. The molecule has 1 heterocycles. The van der Waals surface area contributed by atoms with E-state index in [0.29, 0.717) is 5.02 Å². The fraction of sp³-hybridized carbons (Fsp3) is 0.158. The van der Waals surface area contributed by atoms with Crippen LogP contribution in [-0.4, -0.2) is 21.8 Å². The zero-order valence-corrected chi connectivity index (χ0v) is 16.6. The van der Waals surface area contributed by atoms with Gasteiger partial charge in [-0.2, -0.15) is 5.10 Å². The summed E-state index contributed by atoms with van der Waals surface area (Å²) in [5.41, 5.74) is 5.20. The second-order valence-electron chi connectivity index (χ2n) is 5.91. The summed E-state index contributed by atoms with van der Waals surface area (Å²) in [6.45, 7) is 3.67. The van der Waals surface area contributed by atoms with Gasteiger partial charge in [-0.3, -0.25) is 9.63 Å². The first kappa shape index (κ1) is 18.6. The van der Waals surface area contributed by atoms with Crippen LogP contribution in [0.15, 0.2) is 59.1 Å². The Kier molecular flexibility index (Phi) is 5.76. The van der Waals surface area contributed by atoms with Crippen LogP contribution in [-0.2, 0) is 4.84 Å². The van der Waals surface area contributed by atoms with Crippen LogP contribution in [0.1, 0.15) is 24.3 Å². The molecule has 5 nitrogen and oxygen atoms in total. The number of amides is 1. The Morgan fingerprint density at radius 2 is 1.81 bits per heavy atom. The van der Waals surface area contributed by atoms with Gasteiger partial charge in [-0.05, 0) is 56.3 Å². The number of aromatic nitrogens is 2. The molecule has 7 heteroatoms. The van der Waals surface area contributed by atoms with E-state index in [1.54, 1.807) is 22.9 Å². The van der Waals surface area contributed by atoms with Gasteiger partial charge < -0.3 is 0 Å². The first-order valence-electron chi connectivity index (χ1n) is 8.02. The molecule has 0 bridgehead atoms. The van der Waals surface area contributed by atoms with E-state index in [1.807, 2.05) is 50.2 Å². The molecular weight excluding hydrogens is 418 g/mol. The first-order chi connectivity index (χ1) is 12.4. The van der Waals surface area contributed by atoms with Gasteiger partial charge in [0.15, 0.2) is 5.69 Å². The quantitative estimate of drug-likeness (QED) is 0.573. The number of hydrogen-bond donors (Lipinski definition) is 1. The monoisotopic (exact) mass is 433 g/mol. The lowest BCUT2D eigenvalue weighted by molar-refractivity contribution is -0.000159. The van der Waals surface area contributed by atoms with Gasteiger partial charge in [0.1, 0.15) is 0 Å². The Labute approximate surface area is 165 Å². The van der Waals surface area contributed by atoms with Gasteiger partial charge in [0.05, 0.1) is 17.5 Å². The van der Waals surface area contributed by atoms with E-state index in [4.69, 9.17) is 16.4 Å². The Bertz CT molecular complexity index is 843. The van der Waals surface area contributed by atoms with Crippen LogP contribution in [0.4, 0.5) is 0 Å². The van der Waals surface area contributed by atoms with Gasteiger partial charge in [-0.25, -0.2) is 10.2 Å². The smallest absolute Gasteiger partial charge is 0.271 e. The molecule has 0 atom stereocenters. The minimum atomic E-state index is -0.398. The zero-order chi connectivity index (χ0) is 18.7. The van der Waals surface area contributed by atoms with Gasteiger partial charge in [0.25, 0.3) is 5.91 Å². The van der Waals surface area contributed by atoms with Crippen LogP contribution in [0.3, 0.4) is 0 Å². The molecule has 26 heavy (non-hydrogen) atoms. The standard InChI is InChI=1S/C19H17BrClN3O2/c1-12(2)26-23-19(25)17-11-18(13-3-5-14(20)6-4-13)24(22-17)16-9-7-15(21)8-10-16/h3-12H,1-2H3,(H,23,25). The molecule has 0 spiro atoms. The van der Waals surface area contributed by atoms with Crippen LogP contribution >= 0.6 is 27.5 Å². The fourth-order valence-corrected chi connectivity index (χ4v) is 2.71. The van der Waals surface area contributed by atoms with Crippen molar-refractivity contribution in [2.75, 3.05) is 0 Å². The van der Waals surface area contributed by atoms with E-state index in [9.17, 15) is 4.79 Å². The lowest BCUT2D eigenvalue weighted by Gasteiger charge is -2.08. The number of hydrogen-bond acceptors (Lipinski definition) is 3. The van der Waals surface area contributed by atoms with E-state index in [1.165, 1.54) is 0 Å². The van der Waals surface area contributed by atoms with Crippen LogP contribution < -0.4 is 5.48 Å². The number of nitrogens with one attached hydrogen (secondary N) is 1. The van der Waals surface area contributed by atoms with Crippen molar-refractivity contribution < 1.29 is 9.63 Å². The van der Waals surface area contributed by atoms with Gasteiger partial charge in [0, 0.05) is 15.1 Å². The highest BCUT2D eigenvalue weighted by Crippen LogP contribution is 2.26. The summed E-state index contributed by atoms with van der Waals surface area (Å²) in [6, 6.07) is 16.8. The van der Waals surface area contributed by atoms with Gasteiger partial charge in [-0.15, -0.1) is 0 Å². The van der Waals surface area contributed by atoms with Crippen molar-refractivity contribution in [3.05, 3.63) is 69.8 Å². The third kappa shape index (κ3) is 4.33. The Morgan fingerprint density at radius 3 is 2.42 bits per heavy atom. The van der Waals surface area contributed by atoms with Crippen LogP contribution in [0, 0.1) is 0 Å². The SMILES string of the molecule is CC(C)ONC(=O)c1cc(-c2ccc(Br)cc2)n(-c2ccc(Cl)cc2)n1. The summed E-state index contributed by atoms with van der Waals surface area (Å²) in [5, 5.41) is 5.09. The predicted molar refractivity (Wildman–Crippen MR) is 105 cm³/mol. The number of carbonyl (C=O) groups excluding carboxylic acids is 1. The van der Waals surface area contributed by atoms with Crippen molar-refractivity contribution in [3.63, 3.8) is 0 Å². The van der Waals surface area contributed by atoms with Crippen LogP contribution in [0.2, 0.25) is 5.02 Å². The number of carbonyl (C=O) groups is 1. The molecule has 2 aromatic carbocycles. The van der Waals surface area contributed by atoms with Crippen molar-refractivity contribution in [3.8, 4) is 16.9 Å². The minimum Gasteiger partial charge on any atom is -0.271 e. The van der Waals surface area contributed by atoms with Gasteiger partial charge in [-0.1, -0.05) is 39.7 Å².